The van der Waals surface area contributed by atoms with Crippen LogP contribution in [0.4, 0.5) is 0 Å². The van der Waals surface area contributed by atoms with Gasteiger partial charge >= 0.3 is 0 Å². The van der Waals surface area contributed by atoms with E-state index in [1.54, 1.807) is 12.4 Å². The van der Waals surface area contributed by atoms with E-state index in [1.807, 2.05) is 30.3 Å². The average molecular weight is 312 g/mol. The van der Waals surface area contributed by atoms with Crippen LogP contribution in [0.1, 0.15) is 25.4 Å². The molecule has 0 bridgehead atoms. The number of nitrogens with one attached hydrogen (secondary N) is 1. The first-order valence-corrected chi connectivity index (χ1v) is 7.82. The molecule has 0 saturated carbocycles. The molecular weight excluding hydrogens is 292 g/mol. The second-order valence-electron chi connectivity index (χ2n) is 6.86. The van der Waals surface area contributed by atoms with E-state index in [1.165, 1.54) is 0 Å². The third-order valence-corrected chi connectivity index (χ3v) is 4.15. The molecule has 0 amide bonds. The molecule has 120 valence electrons. The van der Waals surface area contributed by atoms with E-state index < -0.39 is 5.79 Å². The lowest BCUT2D eigenvalue weighted by molar-refractivity contribution is -0.315. The number of hydrogen-bond donors (Lipinski definition) is 1. The summed E-state index contributed by atoms with van der Waals surface area (Å²) in [6.45, 7) is 5.46. The van der Waals surface area contributed by atoms with Crippen LogP contribution in [0.5, 0.6) is 0 Å². The Balaban J connectivity index is 1.75. The monoisotopic (exact) mass is 312 g/mol. The van der Waals surface area contributed by atoms with Gasteiger partial charge in [0, 0.05) is 23.2 Å². The van der Waals surface area contributed by atoms with E-state index in [4.69, 9.17) is 13.9 Å². The van der Waals surface area contributed by atoms with E-state index in [9.17, 15) is 0 Å². The summed E-state index contributed by atoms with van der Waals surface area (Å²) in [7, 11) is 0. The number of H-pyrrole nitrogens is 1. The van der Waals surface area contributed by atoms with Gasteiger partial charge in [0.15, 0.2) is 5.76 Å². The molecule has 0 aliphatic carbocycles. The lowest BCUT2D eigenvalue weighted by Crippen LogP contribution is -2.46. The number of hydrogen-bond acceptors (Lipinski definition) is 4. The third-order valence-electron chi connectivity index (χ3n) is 4.15. The first-order chi connectivity index (χ1) is 11.1. The van der Waals surface area contributed by atoms with Crippen LogP contribution in [0.3, 0.4) is 0 Å². The lowest BCUT2D eigenvalue weighted by atomic mass is 9.93. The summed E-state index contributed by atoms with van der Waals surface area (Å²) in [4.78, 5) is 7.43. The number of para-hydroxylation sites is 1. The Morgan fingerprint density at radius 1 is 1.17 bits per heavy atom. The van der Waals surface area contributed by atoms with Gasteiger partial charge in [0.25, 0.3) is 0 Å². The molecule has 3 aromatic rings. The van der Waals surface area contributed by atoms with Crippen molar-refractivity contribution in [3.8, 4) is 0 Å². The maximum atomic E-state index is 6.19. The quantitative estimate of drug-likeness (QED) is 0.802. The van der Waals surface area contributed by atoms with Gasteiger partial charge in [-0.15, -0.1) is 0 Å². The Bertz CT molecular complexity index is 762. The highest BCUT2D eigenvalue weighted by Gasteiger charge is 2.45. The molecule has 0 spiro atoms. The number of nitrogens with zero attached hydrogens (tertiary/aromatic N) is 1. The summed E-state index contributed by atoms with van der Waals surface area (Å²) < 4.78 is 18.4. The average Bonchev–Trinajstić information content (AvgIpc) is 3.19. The van der Waals surface area contributed by atoms with Crippen molar-refractivity contribution in [2.24, 2.45) is 5.41 Å². The van der Waals surface area contributed by atoms with Gasteiger partial charge in [-0.05, 0) is 12.1 Å². The van der Waals surface area contributed by atoms with Gasteiger partial charge in [-0.1, -0.05) is 32.0 Å². The molecule has 5 heteroatoms. The highest BCUT2D eigenvalue weighted by molar-refractivity contribution is 5.77. The molecule has 2 aromatic heterocycles. The van der Waals surface area contributed by atoms with Crippen LogP contribution < -0.4 is 0 Å². The maximum Gasteiger partial charge on any atom is 0.235 e. The molecule has 3 heterocycles. The van der Waals surface area contributed by atoms with Crippen molar-refractivity contribution in [1.82, 2.24) is 9.97 Å². The van der Waals surface area contributed by atoms with Crippen LogP contribution in [0.15, 0.2) is 47.1 Å². The molecule has 1 aliphatic rings. The Morgan fingerprint density at radius 3 is 2.65 bits per heavy atom. The number of imidazole rings is 1. The maximum absolute atomic E-state index is 6.19. The third kappa shape index (κ3) is 2.66. The summed E-state index contributed by atoms with van der Waals surface area (Å²) in [5.74, 6) is 0.558. The summed E-state index contributed by atoms with van der Waals surface area (Å²) in [6.07, 6.45) is 4.01. The highest BCUT2D eigenvalue weighted by atomic mass is 16.7. The molecular formula is C18H20N2O3. The number of aromatic amines is 1. The van der Waals surface area contributed by atoms with E-state index in [0.29, 0.717) is 25.4 Å². The fourth-order valence-corrected chi connectivity index (χ4v) is 2.82. The van der Waals surface area contributed by atoms with Crippen molar-refractivity contribution in [3.05, 3.63) is 54.3 Å². The van der Waals surface area contributed by atoms with Crippen molar-refractivity contribution in [2.75, 3.05) is 13.2 Å². The lowest BCUT2D eigenvalue weighted by Gasteiger charge is -2.41. The Labute approximate surface area is 134 Å². The molecule has 5 nitrogen and oxygen atoms in total. The van der Waals surface area contributed by atoms with E-state index in [-0.39, 0.29) is 5.41 Å². The zero-order valence-electron chi connectivity index (χ0n) is 13.3. The minimum absolute atomic E-state index is 0.0152. The number of aromatic nitrogens is 2. The largest absolute Gasteiger partial charge is 0.455 e. The molecule has 0 atom stereocenters. The van der Waals surface area contributed by atoms with Crippen LogP contribution in [-0.2, 0) is 21.7 Å². The molecule has 1 aliphatic heterocycles. The van der Waals surface area contributed by atoms with Crippen LogP contribution >= 0.6 is 0 Å². The summed E-state index contributed by atoms with van der Waals surface area (Å²) in [5, 5.41) is 1.04. The molecule has 0 unspecified atom stereocenters. The molecule has 4 rings (SSSR count). The topological polar surface area (TPSA) is 60.3 Å². The van der Waals surface area contributed by atoms with E-state index in [2.05, 4.69) is 23.8 Å². The predicted octanol–water partition coefficient (Wildman–Crippen LogP) is 3.62. The van der Waals surface area contributed by atoms with Crippen molar-refractivity contribution in [1.29, 1.82) is 0 Å². The van der Waals surface area contributed by atoms with Gasteiger partial charge < -0.3 is 18.9 Å². The van der Waals surface area contributed by atoms with Crippen molar-refractivity contribution >= 4 is 11.0 Å². The first-order valence-electron chi connectivity index (χ1n) is 7.82. The zero-order chi connectivity index (χ0) is 15.9. The van der Waals surface area contributed by atoms with Gasteiger partial charge in [0.05, 0.1) is 19.6 Å². The van der Waals surface area contributed by atoms with E-state index in [0.717, 1.165) is 16.8 Å². The smallest absolute Gasteiger partial charge is 0.235 e. The Kier molecular flexibility index (Phi) is 3.28. The molecule has 23 heavy (non-hydrogen) atoms. The molecule has 0 radical (unpaired) electrons. The van der Waals surface area contributed by atoms with Crippen LogP contribution in [-0.4, -0.2) is 23.2 Å². The SMILES string of the molecule is CC1(C)COC(Cc2ncc[nH]2)(c2cc3ccccc3o2)OC1. The first kappa shape index (κ1) is 14.5. The second-order valence-corrected chi connectivity index (χ2v) is 6.86. The van der Waals surface area contributed by atoms with Gasteiger partial charge in [-0.3, -0.25) is 0 Å². The van der Waals surface area contributed by atoms with Crippen LogP contribution in [0.2, 0.25) is 0 Å². The second kappa shape index (κ2) is 5.22. The molecule has 1 N–H and O–H groups in total. The van der Waals surface area contributed by atoms with Crippen molar-refractivity contribution in [2.45, 2.75) is 26.1 Å². The summed E-state index contributed by atoms with van der Waals surface area (Å²) in [6, 6.07) is 9.92. The van der Waals surface area contributed by atoms with Crippen molar-refractivity contribution in [3.63, 3.8) is 0 Å². The number of furan rings is 1. The summed E-state index contributed by atoms with van der Waals surface area (Å²) in [5.41, 5.74) is 0.817. The van der Waals surface area contributed by atoms with Gasteiger partial charge in [-0.25, -0.2) is 4.98 Å². The van der Waals surface area contributed by atoms with Gasteiger partial charge in [0.1, 0.15) is 11.4 Å². The van der Waals surface area contributed by atoms with Crippen LogP contribution in [0.25, 0.3) is 11.0 Å². The molecule has 1 fully saturated rings. The van der Waals surface area contributed by atoms with Crippen molar-refractivity contribution < 1.29 is 13.9 Å². The fraction of sp³-hybridized carbons (Fsp3) is 0.389. The normalized spacial score (nSPS) is 19.9. The summed E-state index contributed by atoms with van der Waals surface area (Å²) >= 11 is 0. The molecule has 1 saturated heterocycles. The van der Waals surface area contributed by atoms with Gasteiger partial charge in [-0.2, -0.15) is 0 Å². The van der Waals surface area contributed by atoms with Gasteiger partial charge in [0.2, 0.25) is 5.79 Å². The minimum Gasteiger partial charge on any atom is -0.455 e. The fourth-order valence-electron chi connectivity index (χ4n) is 2.82. The van der Waals surface area contributed by atoms with E-state index >= 15 is 0 Å². The molecule has 1 aromatic carbocycles. The Hall–Kier alpha value is -2.11. The zero-order valence-corrected chi connectivity index (χ0v) is 13.3. The minimum atomic E-state index is -0.938. The number of ether oxygens (including phenoxy) is 2. The van der Waals surface area contributed by atoms with Crippen LogP contribution in [0, 0.1) is 5.41 Å². The number of benzene rings is 1. The number of fused-ring (bicyclic) bond motifs is 1. The number of rotatable bonds is 3. The standard InChI is InChI=1S/C18H20N2O3/c1-17(2)11-21-18(22-12-17,10-16-19-7-8-20-16)15-9-13-5-3-4-6-14(13)23-15/h3-9H,10-12H2,1-2H3,(H,19,20). The highest BCUT2D eigenvalue weighted by Crippen LogP contribution is 2.40. The predicted molar refractivity (Wildman–Crippen MR) is 85.9 cm³/mol. The Morgan fingerprint density at radius 2 is 1.96 bits per heavy atom.